The van der Waals surface area contributed by atoms with E-state index in [1.54, 1.807) is 13.0 Å². The molecule has 5 rings (SSSR count). The fourth-order valence-corrected chi connectivity index (χ4v) is 6.73. The first-order valence-electron chi connectivity index (χ1n) is 10.9. The highest BCUT2D eigenvalue weighted by Crippen LogP contribution is 2.40. The van der Waals surface area contributed by atoms with Crippen LogP contribution in [0.4, 0.5) is 10.7 Å². The van der Waals surface area contributed by atoms with E-state index >= 15 is 0 Å². The van der Waals surface area contributed by atoms with Crippen LogP contribution in [0.3, 0.4) is 0 Å². The molecule has 3 aromatic rings. The third-order valence-corrected chi connectivity index (χ3v) is 8.32. The molecule has 32 heavy (non-hydrogen) atoms. The molecule has 2 aliphatic carbocycles. The lowest BCUT2D eigenvalue weighted by molar-refractivity contribution is 0.0526. The van der Waals surface area contributed by atoms with Crippen molar-refractivity contribution in [3.8, 4) is 0 Å². The lowest BCUT2D eigenvalue weighted by atomic mass is 9.94. The molecule has 0 radical (unpaired) electrons. The highest BCUT2D eigenvalue weighted by Gasteiger charge is 2.29. The maximum atomic E-state index is 13.2. The van der Waals surface area contributed by atoms with Gasteiger partial charge >= 0.3 is 5.97 Å². The molecule has 0 aromatic carbocycles. The van der Waals surface area contributed by atoms with Gasteiger partial charge in [-0.15, -0.1) is 22.7 Å². The van der Waals surface area contributed by atoms with Gasteiger partial charge in [-0.1, -0.05) is 0 Å². The van der Waals surface area contributed by atoms with Gasteiger partial charge in [0.15, 0.2) is 5.78 Å². The zero-order valence-electron chi connectivity index (χ0n) is 17.7. The number of rotatable bonds is 4. The molecule has 0 unspecified atom stereocenters. The summed E-state index contributed by atoms with van der Waals surface area (Å²) in [6.45, 7) is 2.04. The summed E-state index contributed by atoms with van der Waals surface area (Å²) in [5.74, 6) is -0.709. The SMILES string of the molecule is CCOC(=O)c1c(NC(=O)c2sc3nc4c(cc3c2N)C(=O)CCC4)sc2c1CCCC2. The molecule has 2 aliphatic rings. The number of Topliss-reactive ketones (excluding diaryl/α,β-unsaturated/α-hetero) is 1. The van der Waals surface area contributed by atoms with Crippen LogP contribution in [0.1, 0.15) is 79.1 Å². The second kappa shape index (κ2) is 8.29. The number of ketones is 1. The van der Waals surface area contributed by atoms with Crippen LogP contribution in [-0.4, -0.2) is 29.3 Å². The second-order valence-corrected chi connectivity index (χ2v) is 10.2. The van der Waals surface area contributed by atoms with Gasteiger partial charge in [0.1, 0.15) is 14.7 Å². The number of nitrogen functional groups attached to an aromatic ring is 1. The van der Waals surface area contributed by atoms with Gasteiger partial charge in [0.2, 0.25) is 0 Å². The Hall–Kier alpha value is -2.78. The van der Waals surface area contributed by atoms with E-state index in [9.17, 15) is 14.4 Å². The molecule has 0 saturated carbocycles. The normalized spacial score (nSPS) is 15.3. The van der Waals surface area contributed by atoms with Crippen molar-refractivity contribution in [1.29, 1.82) is 0 Å². The van der Waals surface area contributed by atoms with E-state index in [1.165, 1.54) is 22.7 Å². The Labute approximate surface area is 193 Å². The van der Waals surface area contributed by atoms with Crippen LogP contribution in [-0.2, 0) is 24.0 Å². The molecule has 0 bridgehead atoms. The standard InChI is InChI=1S/C23H23N3O4S2/c1-2-30-23(29)17-11-6-3-4-9-16(11)31-22(17)26-20(28)19-18(24)13-10-12-14(25-21(13)32-19)7-5-8-15(12)27/h10H,2-9,24H2,1H3,(H,26,28). The highest BCUT2D eigenvalue weighted by molar-refractivity contribution is 7.21. The smallest absolute Gasteiger partial charge is 0.341 e. The number of thiophene rings is 2. The van der Waals surface area contributed by atoms with Crippen LogP contribution >= 0.6 is 22.7 Å². The summed E-state index contributed by atoms with van der Waals surface area (Å²) in [4.78, 5) is 44.9. The topological polar surface area (TPSA) is 111 Å². The highest BCUT2D eigenvalue weighted by atomic mass is 32.1. The van der Waals surface area contributed by atoms with Crippen molar-refractivity contribution < 1.29 is 19.1 Å². The van der Waals surface area contributed by atoms with E-state index in [-0.39, 0.29) is 18.3 Å². The molecule has 1 amide bonds. The summed E-state index contributed by atoms with van der Waals surface area (Å²) >= 11 is 2.66. The number of fused-ring (bicyclic) bond motifs is 3. The number of nitrogens with one attached hydrogen (secondary N) is 1. The van der Waals surface area contributed by atoms with Crippen molar-refractivity contribution >= 4 is 61.2 Å². The number of aryl methyl sites for hydroxylation is 2. The molecule has 0 aliphatic heterocycles. The summed E-state index contributed by atoms with van der Waals surface area (Å²) in [5.41, 5.74) is 9.49. The number of carbonyl (C=O) groups excluding carboxylic acids is 3. The summed E-state index contributed by atoms with van der Waals surface area (Å²) < 4.78 is 5.27. The first-order chi connectivity index (χ1) is 15.5. The number of amides is 1. The van der Waals surface area contributed by atoms with Gasteiger partial charge in [0, 0.05) is 22.2 Å². The van der Waals surface area contributed by atoms with Gasteiger partial charge in [0.25, 0.3) is 5.91 Å². The molecule has 0 atom stereocenters. The number of nitrogens with two attached hydrogens (primary N) is 1. The molecular formula is C23H23N3O4S2. The fourth-order valence-electron chi connectivity index (χ4n) is 4.46. The van der Waals surface area contributed by atoms with E-state index < -0.39 is 5.97 Å². The monoisotopic (exact) mass is 469 g/mol. The average Bonchev–Trinajstić information content (AvgIpc) is 3.30. The maximum absolute atomic E-state index is 13.2. The minimum Gasteiger partial charge on any atom is -0.462 e. The molecule has 0 fully saturated rings. The second-order valence-electron chi connectivity index (χ2n) is 8.05. The molecular weight excluding hydrogens is 446 g/mol. The summed E-state index contributed by atoms with van der Waals surface area (Å²) in [6, 6.07) is 1.77. The van der Waals surface area contributed by atoms with E-state index in [0.717, 1.165) is 54.7 Å². The van der Waals surface area contributed by atoms with Crippen LogP contribution in [0, 0.1) is 0 Å². The van der Waals surface area contributed by atoms with Gasteiger partial charge in [-0.05, 0) is 57.1 Å². The number of ether oxygens (including phenoxy) is 1. The largest absolute Gasteiger partial charge is 0.462 e. The molecule has 0 spiro atoms. The summed E-state index contributed by atoms with van der Waals surface area (Å²) in [6.07, 6.45) is 5.85. The van der Waals surface area contributed by atoms with Crippen LogP contribution < -0.4 is 11.1 Å². The summed E-state index contributed by atoms with van der Waals surface area (Å²) in [5, 5.41) is 4.06. The Morgan fingerprint density at radius 2 is 1.97 bits per heavy atom. The van der Waals surface area contributed by atoms with Gasteiger partial charge in [-0.2, -0.15) is 0 Å². The first kappa shape index (κ1) is 21.1. The van der Waals surface area contributed by atoms with Crippen molar-refractivity contribution in [2.45, 2.75) is 51.9 Å². The molecule has 3 N–H and O–H groups in total. The Bertz CT molecular complexity index is 1270. The van der Waals surface area contributed by atoms with Gasteiger partial charge < -0.3 is 15.8 Å². The predicted octanol–water partition coefficient (Wildman–Crippen LogP) is 4.77. The Morgan fingerprint density at radius 3 is 2.78 bits per heavy atom. The minimum absolute atomic E-state index is 0.0699. The van der Waals surface area contributed by atoms with Crippen molar-refractivity contribution in [3.05, 3.63) is 38.2 Å². The Kier molecular flexibility index (Phi) is 5.46. The van der Waals surface area contributed by atoms with Crippen molar-refractivity contribution in [1.82, 2.24) is 4.98 Å². The molecule has 7 nitrogen and oxygen atoms in total. The minimum atomic E-state index is -0.403. The third kappa shape index (κ3) is 3.49. The molecule has 166 valence electrons. The number of aromatic nitrogens is 1. The van der Waals surface area contributed by atoms with E-state index in [1.807, 2.05) is 0 Å². The number of carbonyl (C=O) groups is 3. The molecule has 3 aromatic heterocycles. The third-order valence-electron chi connectivity index (χ3n) is 6.00. The number of hydrogen-bond acceptors (Lipinski definition) is 8. The number of anilines is 2. The molecule has 0 saturated heterocycles. The van der Waals surface area contributed by atoms with Crippen LogP contribution in [0.15, 0.2) is 6.07 Å². The van der Waals surface area contributed by atoms with Gasteiger partial charge in [-0.25, -0.2) is 9.78 Å². The van der Waals surface area contributed by atoms with Crippen LogP contribution in [0.5, 0.6) is 0 Å². The predicted molar refractivity (Wildman–Crippen MR) is 126 cm³/mol. The quantitative estimate of drug-likeness (QED) is 0.533. The molecule has 9 heteroatoms. The zero-order chi connectivity index (χ0) is 22.4. The van der Waals surface area contributed by atoms with Gasteiger partial charge in [0.05, 0.1) is 23.6 Å². The number of pyridine rings is 1. The average molecular weight is 470 g/mol. The maximum Gasteiger partial charge on any atom is 0.341 e. The van der Waals surface area contributed by atoms with Crippen LogP contribution in [0.25, 0.3) is 10.2 Å². The van der Waals surface area contributed by atoms with E-state index in [0.29, 0.717) is 43.3 Å². The molecule has 3 heterocycles. The number of esters is 1. The number of hydrogen-bond donors (Lipinski definition) is 2. The van der Waals surface area contributed by atoms with E-state index in [2.05, 4.69) is 10.3 Å². The van der Waals surface area contributed by atoms with Gasteiger partial charge in [-0.3, -0.25) is 9.59 Å². The van der Waals surface area contributed by atoms with Crippen LogP contribution in [0.2, 0.25) is 0 Å². The van der Waals surface area contributed by atoms with Crippen molar-refractivity contribution in [2.24, 2.45) is 0 Å². The Balaban J connectivity index is 1.52. The lowest BCUT2D eigenvalue weighted by Crippen LogP contribution is -2.15. The van der Waals surface area contributed by atoms with E-state index in [4.69, 9.17) is 10.5 Å². The lowest BCUT2D eigenvalue weighted by Gasteiger charge is -2.13. The fraction of sp³-hybridized carbons (Fsp3) is 0.391. The first-order valence-corrected chi connectivity index (χ1v) is 12.5. The summed E-state index contributed by atoms with van der Waals surface area (Å²) in [7, 11) is 0. The van der Waals surface area contributed by atoms with Crippen molar-refractivity contribution in [3.63, 3.8) is 0 Å². The van der Waals surface area contributed by atoms with Crippen molar-refractivity contribution in [2.75, 3.05) is 17.7 Å². The number of nitrogens with zero attached hydrogens (tertiary/aromatic N) is 1. The zero-order valence-corrected chi connectivity index (χ0v) is 19.3. The Morgan fingerprint density at radius 1 is 1.16 bits per heavy atom.